The molecule has 1 unspecified atom stereocenters. The van der Waals surface area contributed by atoms with E-state index in [9.17, 15) is 4.39 Å². The molecule has 2 aromatic heterocycles. The lowest BCUT2D eigenvalue weighted by Crippen LogP contribution is -2.45. The van der Waals surface area contributed by atoms with E-state index in [0.29, 0.717) is 18.3 Å². The fourth-order valence-corrected chi connectivity index (χ4v) is 3.06. The third kappa shape index (κ3) is 6.65. The Morgan fingerprint density at radius 2 is 2.25 bits per heavy atom. The van der Waals surface area contributed by atoms with Gasteiger partial charge in [0.15, 0.2) is 17.6 Å². The summed E-state index contributed by atoms with van der Waals surface area (Å²) in [6, 6.07) is 7.13. The summed E-state index contributed by atoms with van der Waals surface area (Å²) in [5.74, 6) is 2.38. The minimum absolute atomic E-state index is 0. The van der Waals surface area contributed by atoms with Crippen LogP contribution in [-0.4, -0.2) is 43.2 Å². The van der Waals surface area contributed by atoms with E-state index in [0.717, 1.165) is 44.2 Å². The van der Waals surface area contributed by atoms with Gasteiger partial charge in [-0.25, -0.2) is 9.37 Å². The van der Waals surface area contributed by atoms with Crippen LogP contribution in [0.3, 0.4) is 0 Å². The van der Waals surface area contributed by atoms with Crippen LogP contribution in [0.2, 0.25) is 0 Å². The van der Waals surface area contributed by atoms with Gasteiger partial charge in [0.1, 0.15) is 5.76 Å². The number of hydrogen-bond acceptors (Lipinski definition) is 4. The molecule has 0 radical (unpaired) electrons. The standard InChI is InChI=1S/C20H28FN5O.HI/c1-15(2)13-24-20(23-10-7-17-5-4-12-27-17)25-16-8-11-26(14-16)19-18(21)6-3-9-22-19;/h3-6,9,12,15-16H,7-8,10-11,13-14H2,1-2H3,(H2,23,24,25);1H. The van der Waals surface area contributed by atoms with Crippen LogP contribution in [-0.2, 0) is 6.42 Å². The number of aliphatic imine (C=N–C) groups is 1. The van der Waals surface area contributed by atoms with Gasteiger partial charge < -0.3 is 20.0 Å². The zero-order chi connectivity index (χ0) is 19.1. The van der Waals surface area contributed by atoms with Gasteiger partial charge in [-0.2, -0.15) is 0 Å². The maximum absolute atomic E-state index is 14.0. The van der Waals surface area contributed by atoms with E-state index in [2.05, 4.69) is 34.5 Å². The first-order valence-corrected chi connectivity index (χ1v) is 9.54. The summed E-state index contributed by atoms with van der Waals surface area (Å²) < 4.78 is 19.3. The number of rotatable bonds is 7. The topological polar surface area (TPSA) is 65.7 Å². The molecule has 0 saturated carbocycles. The first kappa shape index (κ1) is 22.4. The molecule has 1 atom stereocenters. The second kappa shape index (κ2) is 11.2. The van der Waals surface area contributed by atoms with Gasteiger partial charge in [-0.3, -0.25) is 4.99 Å². The van der Waals surface area contributed by atoms with Crippen LogP contribution in [0.5, 0.6) is 0 Å². The molecule has 1 fully saturated rings. The SMILES string of the molecule is CC(C)CN=C(NCCc1ccco1)NC1CCN(c2ncccc2F)C1.I. The van der Waals surface area contributed by atoms with Gasteiger partial charge >= 0.3 is 0 Å². The molecular weight excluding hydrogens is 472 g/mol. The molecule has 8 heteroatoms. The summed E-state index contributed by atoms with van der Waals surface area (Å²) >= 11 is 0. The van der Waals surface area contributed by atoms with E-state index in [1.807, 2.05) is 17.0 Å². The van der Waals surface area contributed by atoms with Crippen molar-refractivity contribution < 1.29 is 8.81 Å². The van der Waals surface area contributed by atoms with Crippen molar-refractivity contribution in [1.82, 2.24) is 15.6 Å². The summed E-state index contributed by atoms with van der Waals surface area (Å²) in [6.07, 6.45) is 5.03. The average Bonchev–Trinajstić information content (AvgIpc) is 3.32. The van der Waals surface area contributed by atoms with Crippen molar-refractivity contribution in [1.29, 1.82) is 0 Å². The quantitative estimate of drug-likeness (QED) is 0.346. The molecule has 1 saturated heterocycles. The lowest BCUT2D eigenvalue weighted by atomic mass is 10.2. The van der Waals surface area contributed by atoms with E-state index < -0.39 is 0 Å². The lowest BCUT2D eigenvalue weighted by molar-refractivity contribution is 0.506. The molecule has 0 amide bonds. The second-order valence-electron chi connectivity index (χ2n) is 7.22. The highest BCUT2D eigenvalue weighted by molar-refractivity contribution is 14.0. The van der Waals surface area contributed by atoms with Gasteiger partial charge in [0.2, 0.25) is 0 Å². The Morgan fingerprint density at radius 1 is 1.39 bits per heavy atom. The Bertz CT molecular complexity index is 738. The van der Waals surface area contributed by atoms with Crippen molar-refractivity contribution in [2.45, 2.75) is 32.7 Å². The molecule has 0 bridgehead atoms. The van der Waals surface area contributed by atoms with E-state index in [-0.39, 0.29) is 35.8 Å². The molecule has 0 aliphatic carbocycles. The van der Waals surface area contributed by atoms with Crippen molar-refractivity contribution in [3.63, 3.8) is 0 Å². The summed E-state index contributed by atoms with van der Waals surface area (Å²) in [5.41, 5.74) is 0. The minimum Gasteiger partial charge on any atom is -0.469 e. The highest BCUT2D eigenvalue weighted by atomic mass is 127. The smallest absolute Gasteiger partial charge is 0.191 e. The van der Waals surface area contributed by atoms with Gasteiger partial charge in [0.25, 0.3) is 0 Å². The fraction of sp³-hybridized carbons (Fsp3) is 0.500. The number of guanidine groups is 1. The molecule has 154 valence electrons. The summed E-state index contributed by atoms with van der Waals surface area (Å²) in [4.78, 5) is 10.8. The number of nitrogens with zero attached hydrogens (tertiary/aromatic N) is 3. The number of nitrogens with one attached hydrogen (secondary N) is 2. The molecule has 0 spiro atoms. The third-order valence-corrected chi connectivity index (χ3v) is 4.43. The molecule has 2 aromatic rings. The predicted octanol–water partition coefficient (Wildman–Crippen LogP) is 3.44. The Morgan fingerprint density at radius 3 is 2.96 bits per heavy atom. The van der Waals surface area contributed by atoms with E-state index >= 15 is 0 Å². The van der Waals surface area contributed by atoms with Gasteiger partial charge in [-0.1, -0.05) is 13.8 Å². The average molecular weight is 501 g/mol. The highest BCUT2D eigenvalue weighted by Gasteiger charge is 2.26. The summed E-state index contributed by atoms with van der Waals surface area (Å²) in [6.45, 7) is 7.25. The monoisotopic (exact) mass is 501 g/mol. The van der Waals surface area contributed by atoms with Crippen molar-refractivity contribution in [2.75, 3.05) is 31.1 Å². The van der Waals surface area contributed by atoms with Gasteiger partial charge in [-0.05, 0) is 36.6 Å². The van der Waals surface area contributed by atoms with Crippen molar-refractivity contribution in [3.05, 3.63) is 48.3 Å². The molecule has 1 aliphatic heterocycles. The molecule has 6 nitrogen and oxygen atoms in total. The van der Waals surface area contributed by atoms with Crippen LogP contribution < -0.4 is 15.5 Å². The summed E-state index contributed by atoms with van der Waals surface area (Å²) in [5, 5.41) is 6.86. The molecule has 3 heterocycles. The van der Waals surface area contributed by atoms with Crippen LogP contribution >= 0.6 is 24.0 Å². The maximum Gasteiger partial charge on any atom is 0.191 e. The van der Waals surface area contributed by atoms with Crippen LogP contribution in [0.25, 0.3) is 0 Å². The predicted molar refractivity (Wildman–Crippen MR) is 121 cm³/mol. The van der Waals surface area contributed by atoms with Crippen LogP contribution in [0.1, 0.15) is 26.0 Å². The number of aromatic nitrogens is 1. The first-order chi connectivity index (χ1) is 13.1. The molecule has 3 rings (SSSR count). The van der Waals surface area contributed by atoms with Crippen LogP contribution in [0, 0.1) is 11.7 Å². The highest BCUT2D eigenvalue weighted by Crippen LogP contribution is 2.20. The van der Waals surface area contributed by atoms with Crippen LogP contribution in [0.4, 0.5) is 10.2 Å². The Balaban J connectivity index is 0.00000280. The zero-order valence-electron chi connectivity index (χ0n) is 16.4. The minimum atomic E-state index is -0.275. The Hall–Kier alpha value is -1.84. The molecule has 1 aliphatic rings. The summed E-state index contributed by atoms with van der Waals surface area (Å²) in [7, 11) is 0. The Kier molecular flexibility index (Phi) is 9.01. The van der Waals surface area contributed by atoms with Gasteiger partial charge in [-0.15, -0.1) is 24.0 Å². The van der Waals surface area contributed by atoms with E-state index in [1.54, 1.807) is 18.5 Å². The number of hydrogen-bond donors (Lipinski definition) is 2. The van der Waals surface area contributed by atoms with Gasteiger partial charge in [0.05, 0.1) is 6.26 Å². The maximum atomic E-state index is 14.0. The van der Waals surface area contributed by atoms with Gasteiger partial charge in [0, 0.05) is 44.8 Å². The molecule has 0 aromatic carbocycles. The third-order valence-electron chi connectivity index (χ3n) is 4.43. The molecule has 2 N–H and O–H groups in total. The number of furan rings is 1. The molecular formula is C20H29FIN5O. The van der Waals surface area contributed by atoms with Crippen molar-refractivity contribution >= 4 is 35.8 Å². The number of anilines is 1. The number of halogens is 2. The van der Waals surface area contributed by atoms with Crippen molar-refractivity contribution in [2.24, 2.45) is 10.9 Å². The first-order valence-electron chi connectivity index (χ1n) is 9.54. The normalized spacial score (nSPS) is 16.9. The zero-order valence-corrected chi connectivity index (χ0v) is 18.7. The van der Waals surface area contributed by atoms with E-state index in [4.69, 9.17) is 4.42 Å². The number of pyridine rings is 1. The Labute approximate surface area is 183 Å². The van der Waals surface area contributed by atoms with Crippen LogP contribution in [0.15, 0.2) is 46.1 Å². The van der Waals surface area contributed by atoms with Crippen molar-refractivity contribution in [3.8, 4) is 0 Å². The second-order valence-corrected chi connectivity index (χ2v) is 7.22. The van der Waals surface area contributed by atoms with E-state index in [1.165, 1.54) is 6.07 Å². The lowest BCUT2D eigenvalue weighted by Gasteiger charge is -2.20. The largest absolute Gasteiger partial charge is 0.469 e. The fourth-order valence-electron chi connectivity index (χ4n) is 3.06. The molecule has 28 heavy (non-hydrogen) atoms.